The van der Waals surface area contributed by atoms with Crippen LogP contribution >= 0.6 is 0 Å². The molecular weight excluding hydrogens is 695 g/mol. The van der Waals surface area contributed by atoms with Gasteiger partial charge in [0.1, 0.15) is 17.6 Å². The van der Waals surface area contributed by atoms with E-state index in [9.17, 15) is 0 Å². The van der Waals surface area contributed by atoms with E-state index in [0.717, 1.165) is 62.2 Å². The fourth-order valence-corrected chi connectivity index (χ4v) is 13.1. The minimum atomic E-state index is -0.0153. The molecule has 0 saturated heterocycles. The van der Waals surface area contributed by atoms with Crippen LogP contribution in [0.3, 0.4) is 0 Å². The van der Waals surface area contributed by atoms with E-state index in [-0.39, 0.29) is 23.8 Å². The van der Waals surface area contributed by atoms with Gasteiger partial charge in [-0.3, -0.25) is 5.32 Å². The quantitative estimate of drug-likeness (QED) is 0.281. The first kappa shape index (κ1) is 32.8. The summed E-state index contributed by atoms with van der Waals surface area (Å²) < 4.78 is 7.65. The van der Waals surface area contributed by atoms with Gasteiger partial charge < -0.3 is 10.2 Å². The summed E-state index contributed by atoms with van der Waals surface area (Å²) in [5.74, 6) is 5.55. The molecular formula is C53H48N3O+. The highest BCUT2D eigenvalue weighted by atomic mass is 16.3. The Morgan fingerprint density at radius 2 is 1.72 bits per heavy atom. The number of hydrogen-bond donors (Lipinski definition) is 2. The van der Waals surface area contributed by atoms with E-state index in [1.165, 1.54) is 61.4 Å². The molecule has 57 heavy (non-hydrogen) atoms. The number of aliphatic imine (C=N–C) groups is 1. The van der Waals surface area contributed by atoms with Crippen molar-refractivity contribution in [3.05, 3.63) is 195 Å². The highest BCUT2D eigenvalue weighted by molar-refractivity contribution is 5.99. The van der Waals surface area contributed by atoms with Crippen molar-refractivity contribution >= 4 is 22.6 Å². The molecule has 0 radical (unpaired) electrons. The Morgan fingerprint density at radius 3 is 2.63 bits per heavy atom. The van der Waals surface area contributed by atoms with Crippen LogP contribution in [-0.2, 0) is 0 Å². The molecule has 9 atom stereocenters. The molecule has 9 aliphatic carbocycles. The van der Waals surface area contributed by atoms with E-state index in [0.29, 0.717) is 29.7 Å². The lowest BCUT2D eigenvalue weighted by Crippen LogP contribution is -2.94. The van der Waals surface area contributed by atoms with Crippen LogP contribution in [0.4, 0.5) is 0 Å². The van der Waals surface area contributed by atoms with Gasteiger partial charge in [-0.1, -0.05) is 121 Å². The van der Waals surface area contributed by atoms with Crippen molar-refractivity contribution < 1.29 is 9.73 Å². The standard InChI is InChI=1S/C53H47N3O/c54-49-36-21-10-9-20-35(36)46-47-38-24-13-23-34-32-18-7-8-19-33(32)44-40-28-31(50-37-22-11-12-25-41(37)55-53(56-50)30-16-5-2-6-17-30)26-27-39(45(40)48(44)43(34)38)51(47)57-52(46)42(49)29-14-3-1-4-15-29/h1-3,5-11,14,16-20,22-23,26-28,36,39-42,44-45,48-49H,4,12-13,15,21,24-25,54H2,(H,55,56)/p+1. The molecule has 2 aromatic carbocycles. The second kappa shape index (κ2) is 12.4. The number of amidine groups is 1. The van der Waals surface area contributed by atoms with E-state index in [1.807, 2.05) is 0 Å². The van der Waals surface area contributed by atoms with Gasteiger partial charge >= 0.3 is 0 Å². The number of nitrogens with two attached hydrogens (primary N) is 2. The van der Waals surface area contributed by atoms with Crippen molar-refractivity contribution in [1.29, 1.82) is 0 Å². The van der Waals surface area contributed by atoms with Crippen molar-refractivity contribution in [2.24, 2.45) is 34.4 Å². The number of quaternary nitrogens is 1. The van der Waals surface area contributed by atoms with Crippen LogP contribution in [0.15, 0.2) is 165 Å². The van der Waals surface area contributed by atoms with E-state index >= 15 is 0 Å². The second-order valence-electron chi connectivity index (χ2n) is 18.0. The molecule has 0 spiro atoms. The fourth-order valence-electron chi connectivity index (χ4n) is 13.1. The van der Waals surface area contributed by atoms with Gasteiger partial charge in [0.05, 0.1) is 17.2 Å². The van der Waals surface area contributed by atoms with E-state index in [1.54, 1.807) is 11.1 Å². The third-order valence-electron chi connectivity index (χ3n) is 15.4. The number of hydrogen-bond acceptors (Lipinski definition) is 3. The Labute approximate surface area is 335 Å². The predicted molar refractivity (Wildman–Crippen MR) is 229 cm³/mol. The predicted octanol–water partition coefficient (Wildman–Crippen LogP) is 10.1. The SMILES string of the molecule is NC1C2CC=CC=C2c2c(oc3c2C2=C4C(=CCC2)c2ccccc2C2C5C=C(C6=C7C=CCCC7[NH2+]C(c7ccccc7)=N6)C=CC3C5C42)C1C1=CC=CCC1. The molecule has 4 N–H and O–H groups in total. The normalized spacial score (nSPS) is 33.4. The molecule has 1 saturated carbocycles. The van der Waals surface area contributed by atoms with Gasteiger partial charge in [0.2, 0.25) is 5.84 Å². The first-order chi connectivity index (χ1) is 28.2. The largest absolute Gasteiger partial charge is 0.463 e. The summed E-state index contributed by atoms with van der Waals surface area (Å²) in [5, 5.41) is 2.42. The first-order valence-corrected chi connectivity index (χ1v) is 21.7. The maximum atomic E-state index is 7.65. The third kappa shape index (κ3) is 4.54. The van der Waals surface area contributed by atoms with Gasteiger partial charge in [-0.15, -0.1) is 0 Å². The number of allylic oxidation sites excluding steroid dienone is 14. The van der Waals surface area contributed by atoms with Crippen molar-refractivity contribution in [2.75, 3.05) is 0 Å². The lowest BCUT2D eigenvalue weighted by Gasteiger charge is -2.57. The monoisotopic (exact) mass is 742 g/mol. The summed E-state index contributed by atoms with van der Waals surface area (Å²) in [4.78, 5) is 5.56. The molecule has 4 heteroatoms. The van der Waals surface area contributed by atoms with Gasteiger partial charge in [0.15, 0.2) is 0 Å². The molecule has 3 aromatic rings. The summed E-state index contributed by atoms with van der Waals surface area (Å²) in [5.41, 5.74) is 25.7. The van der Waals surface area contributed by atoms with Gasteiger partial charge in [-0.25, -0.2) is 0 Å². The topological polar surface area (TPSA) is 68.1 Å². The zero-order valence-corrected chi connectivity index (χ0v) is 32.3. The molecule has 4 nitrogen and oxygen atoms in total. The number of nitrogens with zero attached hydrogens (tertiary/aromatic N) is 1. The smallest absolute Gasteiger partial charge is 0.232 e. The molecule has 2 heterocycles. The molecule has 9 unspecified atom stereocenters. The summed E-state index contributed by atoms with van der Waals surface area (Å²) in [6.45, 7) is 0. The number of rotatable bonds is 3. The van der Waals surface area contributed by atoms with Crippen molar-refractivity contribution in [3.63, 3.8) is 0 Å². The van der Waals surface area contributed by atoms with Crippen molar-refractivity contribution in [2.45, 2.75) is 74.8 Å². The summed E-state index contributed by atoms with van der Waals surface area (Å²) >= 11 is 0. The minimum absolute atomic E-state index is 0.0153. The number of furan rings is 1. The van der Waals surface area contributed by atoms with Crippen LogP contribution in [0, 0.1) is 23.7 Å². The van der Waals surface area contributed by atoms with E-state index in [2.05, 4.69) is 133 Å². The van der Waals surface area contributed by atoms with Crippen LogP contribution in [0.1, 0.15) is 102 Å². The van der Waals surface area contributed by atoms with Gasteiger partial charge in [-0.2, -0.15) is 4.99 Å². The molecule has 0 bridgehead atoms. The van der Waals surface area contributed by atoms with Crippen molar-refractivity contribution in [3.8, 4) is 0 Å². The van der Waals surface area contributed by atoms with Crippen LogP contribution in [0.2, 0.25) is 0 Å². The van der Waals surface area contributed by atoms with Crippen LogP contribution in [-0.4, -0.2) is 17.9 Å². The molecule has 280 valence electrons. The second-order valence-corrected chi connectivity index (χ2v) is 18.0. The molecule has 10 aliphatic rings. The average Bonchev–Trinajstić information content (AvgIpc) is 3.52. The molecule has 1 aliphatic heterocycles. The minimum Gasteiger partial charge on any atom is -0.463 e. The summed E-state index contributed by atoms with van der Waals surface area (Å²) in [7, 11) is 0. The van der Waals surface area contributed by atoms with Gasteiger partial charge in [0, 0.05) is 41.0 Å². The highest BCUT2D eigenvalue weighted by Crippen LogP contribution is 2.71. The van der Waals surface area contributed by atoms with E-state index in [4.69, 9.17) is 15.1 Å². The van der Waals surface area contributed by atoms with Gasteiger partial charge in [0.25, 0.3) is 0 Å². The van der Waals surface area contributed by atoms with E-state index < -0.39 is 0 Å². The molecule has 1 aromatic heterocycles. The Kier molecular flexibility index (Phi) is 7.10. The van der Waals surface area contributed by atoms with Crippen molar-refractivity contribution in [1.82, 2.24) is 0 Å². The Bertz CT molecular complexity index is 2640. The van der Waals surface area contributed by atoms with Crippen LogP contribution in [0.25, 0.3) is 16.7 Å². The molecule has 1 fully saturated rings. The van der Waals surface area contributed by atoms with Crippen LogP contribution in [0.5, 0.6) is 0 Å². The average molecular weight is 743 g/mol. The molecule has 0 amide bonds. The lowest BCUT2D eigenvalue weighted by atomic mass is 9.45. The zero-order valence-electron chi connectivity index (χ0n) is 32.3. The lowest BCUT2D eigenvalue weighted by molar-refractivity contribution is -0.572. The highest BCUT2D eigenvalue weighted by Gasteiger charge is 2.61. The Hall–Kier alpha value is -5.29. The maximum absolute atomic E-state index is 7.65. The zero-order chi connectivity index (χ0) is 37.4. The molecule has 13 rings (SSSR count). The van der Waals surface area contributed by atoms with Gasteiger partial charge in [-0.05, 0) is 113 Å². The summed E-state index contributed by atoms with van der Waals surface area (Å²) in [6.07, 6.45) is 36.3. The number of benzene rings is 2. The number of fused-ring (bicyclic) bond motifs is 12. The first-order valence-electron chi connectivity index (χ1n) is 21.7. The maximum Gasteiger partial charge on any atom is 0.232 e. The Balaban J connectivity index is 1.07. The Morgan fingerprint density at radius 1 is 0.825 bits per heavy atom. The van der Waals surface area contributed by atoms with Crippen LogP contribution < -0.4 is 11.1 Å². The third-order valence-corrected chi connectivity index (χ3v) is 15.4. The fraction of sp³-hybridized carbons (Fsp3) is 0.302. The summed E-state index contributed by atoms with van der Waals surface area (Å²) in [6, 6.07) is 20.5.